The quantitative estimate of drug-likeness (QED) is 0.785. The molecule has 0 aliphatic heterocycles. The summed E-state index contributed by atoms with van der Waals surface area (Å²) in [4.78, 5) is 0. The second kappa shape index (κ2) is 6.62. The second-order valence-electron chi connectivity index (χ2n) is 4.55. The molecule has 0 saturated carbocycles. The maximum atomic E-state index is 12.6. The van der Waals surface area contributed by atoms with Crippen LogP contribution in [-0.2, 0) is 28.5 Å². The summed E-state index contributed by atoms with van der Waals surface area (Å²) in [6.07, 6.45) is -4.38. The third kappa shape index (κ3) is 4.86. The van der Waals surface area contributed by atoms with Crippen LogP contribution in [0.1, 0.15) is 16.7 Å². The van der Waals surface area contributed by atoms with Gasteiger partial charge < -0.3 is 0 Å². The van der Waals surface area contributed by atoms with Crippen molar-refractivity contribution in [3.05, 3.63) is 70.2 Å². The molecule has 2 aromatic rings. The number of hydrogen-bond donors (Lipinski definition) is 0. The van der Waals surface area contributed by atoms with Gasteiger partial charge in [-0.05, 0) is 29.3 Å². The van der Waals surface area contributed by atoms with E-state index in [4.69, 9.17) is 11.6 Å². The topological polar surface area (TPSA) is 17.1 Å². The van der Waals surface area contributed by atoms with Crippen LogP contribution in [0.2, 0.25) is 5.02 Å². The second-order valence-corrected chi connectivity index (χ2v) is 6.45. The zero-order valence-corrected chi connectivity index (χ0v) is 12.4. The van der Waals surface area contributed by atoms with Crippen molar-refractivity contribution in [3.63, 3.8) is 0 Å². The predicted molar refractivity (Wildman–Crippen MR) is 78.4 cm³/mol. The first kappa shape index (κ1) is 16.0. The lowest BCUT2D eigenvalue weighted by Crippen LogP contribution is -2.06. The fourth-order valence-electron chi connectivity index (χ4n) is 1.84. The summed E-state index contributed by atoms with van der Waals surface area (Å²) in [5, 5.41) is 0.586. The minimum absolute atomic E-state index is 0.0898. The highest BCUT2D eigenvalue weighted by Crippen LogP contribution is 2.29. The van der Waals surface area contributed by atoms with Crippen molar-refractivity contribution in [1.29, 1.82) is 0 Å². The molecule has 2 rings (SSSR count). The number of benzene rings is 2. The first-order valence-electron chi connectivity index (χ1n) is 6.10. The molecule has 0 aliphatic carbocycles. The molecule has 0 aromatic heterocycles. The highest BCUT2D eigenvalue weighted by atomic mass is 35.5. The minimum atomic E-state index is -4.38. The molecule has 1 nitrogen and oxygen atoms in total. The van der Waals surface area contributed by atoms with E-state index in [1.807, 2.05) is 0 Å². The molecule has 1 atom stereocenters. The van der Waals surface area contributed by atoms with Crippen molar-refractivity contribution in [2.75, 3.05) is 0 Å². The summed E-state index contributed by atoms with van der Waals surface area (Å²) in [6.45, 7) is 0. The van der Waals surface area contributed by atoms with Gasteiger partial charge in [-0.2, -0.15) is 13.2 Å². The van der Waals surface area contributed by atoms with Crippen molar-refractivity contribution in [1.82, 2.24) is 0 Å². The molecule has 0 aliphatic rings. The van der Waals surface area contributed by atoms with Gasteiger partial charge in [-0.15, -0.1) is 0 Å². The SMILES string of the molecule is O=[S@](Cc1ccc(Cl)cc1)Cc1cccc(C(F)(F)F)c1. The van der Waals surface area contributed by atoms with E-state index in [-0.39, 0.29) is 11.5 Å². The predicted octanol–water partition coefficient (Wildman–Crippen LogP) is 4.81. The molecule has 21 heavy (non-hydrogen) atoms. The molecule has 0 spiro atoms. The van der Waals surface area contributed by atoms with Crippen LogP contribution in [0.4, 0.5) is 13.2 Å². The molecule has 0 N–H and O–H groups in total. The standard InChI is InChI=1S/C15H12ClF3OS/c16-14-6-4-11(5-7-14)9-21(20)10-12-2-1-3-13(8-12)15(17,18)19/h1-8H,9-10H2/t21-/m1/s1. The van der Waals surface area contributed by atoms with E-state index in [0.717, 1.165) is 17.7 Å². The first-order chi connectivity index (χ1) is 9.84. The molecule has 0 unspecified atom stereocenters. The molecule has 0 bridgehead atoms. The van der Waals surface area contributed by atoms with Gasteiger partial charge in [0.1, 0.15) is 0 Å². The van der Waals surface area contributed by atoms with E-state index in [1.54, 1.807) is 30.3 Å². The smallest absolute Gasteiger partial charge is 0.259 e. The van der Waals surface area contributed by atoms with Crippen LogP contribution in [0, 0.1) is 0 Å². The lowest BCUT2D eigenvalue weighted by atomic mass is 10.1. The summed E-state index contributed by atoms with van der Waals surface area (Å²) in [5.41, 5.74) is 0.533. The maximum Gasteiger partial charge on any atom is 0.416 e. The van der Waals surface area contributed by atoms with Gasteiger partial charge in [-0.3, -0.25) is 4.21 Å². The number of hydrogen-bond acceptors (Lipinski definition) is 1. The Hall–Kier alpha value is -1.33. The number of rotatable bonds is 4. The van der Waals surface area contributed by atoms with Gasteiger partial charge in [0.25, 0.3) is 0 Å². The summed E-state index contributed by atoms with van der Waals surface area (Å²) >= 11 is 5.76. The Bertz CT molecular complexity index is 638. The van der Waals surface area contributed by atoms with Crippen molar-refractivity contribution in [2.45, 2.75) is 17.7 Å². The van der Waals surface area contributed by atoms with Gasteiger partial charge >= 0.3 is 6.18 Å². The van der Waals surface area contributed by atoms with Crippen LogP contribution in [0.5, 0.6) is 0 Å². The van der Waals surface area contributed by atoms with Gasteiger partial charge in [0.05, 0.1) is 5.56 Å². The molecule has 0 fully saturated rings. The van der Waals surface area contributed by atoms with Crippen LogP contribution in [-0.4, -0.2) is 4.21 Å². The normalized spacial score (nSPS) is 13.1. The molecule has 0 heterocycles. The molecule has 6 heteroatoms. The summed E-state index contributed by atoms with van der Waals surface area (Å²) in [6, 6.07) is 11.8. The first-order valence-corrected chi connectivity index (χ1v) is 7.97. The van der Waals surface area contributed by atoms with Gasteiger partial charge in [0, 0.05) is 27.3 Å². The molecule has 112 valence electrons. The third-order valence-electron chi connectivity index (χ3n) is 2.82. The molecule has 0 amide bonds. The van der Waals surface area contributed by atoms with Crippen molar-refractivity contribution >= 4 is 22.4 Å². The van der Waals surface area contributed by atoms with Crippen molar-refractivity contribution in [2.24, 2.45) is 0 Å². The van der Waals surface area contributed by atoms with Gasteiger partial charge in [-0.1, -0.05) is 41.9 Å². The van der Waals surface area contributed by atoms with Crippen LogP contribution < -0.4 is 0 Å². The number of alkyl halides is 3. The van der Waals surface area contributed by atoms with Gasteiger partial charge in [0.2, 0.25) is 0 Å². The lowest BCUT2D eigenvalue weighted by Gasteiger charge is -2.09. The molecule has 0 radical (unpaired) electrons. The third-order valence-corrected chi connectivity index (χ3v) is 4.39. The van der Waals surface area contributed by atoms with Crippen LogP contribution >= 0.6 is 11.6 Å². The Labute approximate surface area is 128 Å². The van der Waals surface area contributed by atoms with Crippen molar-refractivity contribution in [3.8, 4) is 0 Å². The highest BCUT2D eigenvalue weighted by Gasteiger charge is 2.30. The zero-order valence-electron chi connectivity index (χ0n) is 10.9. The summed E-state index contributed by atoms with van der Waals surface area (Å²) in [7, 11) is -1.27. The highest BCUT2D eigenvalue weighted by molar-refractivity contribution is 7.83. The summed E-state index contributed by atoms with van der Waals surface area (Å²) < 4.78 is 49.8. The largest absolute Gasteiger partial charge is 0.416 e. The molecular formula is C15H12ClF3OS. The Morgan fingerprint density at radius 3 is 2.19 bits per heavy atom. The molecule has 2 aromatic carbocycles. The minimum Gasteiger partial charge on any atom is -0.259 e. The monoisotopic (exact) mass is 332 g/mol. The van der Waals surface area contributed by atoms with Crippen molar-refractivity contribution < 1.29 is 17.4 Å². The van der Waals surface area contributed by atoms with E-state index in [0.29, 0.717) is 10.6 Å². The zero-order chi connectivity index (χ0) is 15.5. The Kier molecular flexibility index (Phi) is 5.06. The average molecular weight is 333 g/mol. The Morgan fingerprint density at radius 2 is 1.57 bits per heavy atom. The van der Waals surface area contributed by atoms with Gasteiger partial charge in [-0.25, -0.2) is 0 Å². The van der Waals surface area contributed by atoms with E-state index in [2.05, 4.69) is 0 Å². The Balaban J connectivity index is 2.04. The fraction of sp³-hybridized carbons (Fsp3) is 0.200. The van der Waals surface area contributed by atoms with Crippen LogP contribution in [0.3, 0.4) is 0 Å². The maximum absolute atomic E-state index is 12.6. The van der Waals surface area contributed by atoms with E-state index < -0.39 is 22.5 Å². The average Bonchev–Trinajstić information content (AvgIpc) is 2.41. The van der Waals surface area contributed by atoms with E-state index >= 15 is 0 Å². The van der Waals surface area contributed by atoms with E-state index in [1.165, 1.54) is 6.07 Å². The van der Waals surface area contributed by atoms with Gasteiger partial charge in [0.15, 0.2) is 0 Å². The van der Waals surface area contributed by atoms with Crippen LogP contribution in [0.25, 0.3) is 0 Å². The Morgan fingerprint density at radius 1 is 0.952 bits per heavy atom. The van der Waals surface area contributed by atoms with Crippen LogP contribution in [0.15, 0.2) is 48.5 Å². The number of halogens is 4. The molecular weight excluding hydrogens is 321 g/mol. The molecule has 0 saturated heterocycles. The lowest BCUT2D eigenvalue weighted by molar-refractivity contribution is -0.137. The summed E-state index contributed by atoms with van der Waals surface area (Å²) in [5.74, 6) is 0.375. The fourth-order valence-corrected chi connectivity index (χ4v) is 3.18. The van der Waals surface area contributed by atoms with E-state index in [9.17, 15) is 17.4 Å².